The average Bonchev–Trinajstić information content (AvgIpc) is 3.19. The Labute approximate surface area is 258 Å². The molecule has 0 aliphatic heterocycles. The van der Waals surface area contributed by atoms with Crippen LogP contribution in [0.15, 0.2) is 87.0 Å². The SMILES string of the molecule is Cc1ccc(C)c(C2(C3=CC=C(OCCC(C)CCCC(C)C)CC3)c3cc(Br)ccc3-c3ccc(Br)cc32)c1. The van der Waals surface area contributed by atoms with Crippen molar-refractivity contribution >= 4 is 31.9 Å². The normalized spacial score (nSPS) is 16.3. The summed E-state index contributed by atoms with van der Waals surface area (Å²) < 4.78 is 8.59. The van der Waals surface area contributed by atoms with Crippen LogP contribution in [0.4, 0.5) is 0 Å². The zero-order valence-electron chi connectivity index (χ0n) is 24.6. The van der Waals surface area contributed by atoms with Crippen molar-refractivity contribution in [2.45, 2.75) is 78.6 Å². The highest BCUT2D eigenvalue weighted by Gasteiger charge is 2.48. The maximum Gasteiger partial charge on any atom is 0.0962 e. The summed E-state index contributed by atoms with van der Waals surface area (Å²) in [7, 11) is 0. The minimum absolute atomic E-state index is 0.346. The fourth-order valence-corrected chi connectivity index (χ4v) is 7.40. The van der Waals surface area contributed by atoms with E-state index in [2.05, 4.69) is 133 Å². The zero-order chi connectivity index (χ0) is 28.4. The van der Waals surface area contributed by atoms with Crippen LogP contribution in [0.1, 0.15) is 87.1 Å². The van der Waals surface area contributed by atoms with Crippen LogP contribution in [0, 0.1) is 25.7 Å². The maximum atomic E-state index is 6.35. The molecule has 3 aromatic rings. The molecule has 0 saturated heterocycles. The van der Waals surface area contributed by atoms with Crippen LogP contribution in [-0.2, 0) is 10.2 Å². The van der Waals surface area contributed by atoms with Gasteiger partial charge in [0.2, 0.25) is 0 Å². The quantitative estimate of drug-likeness (QED) is 0.210. The first kappa shape index (κ1) is 29.4. The zero-order valence-corrected chi connectivity index (χ0v) is 27.8. The molecule has 3 aromatic carbocycles. The summed E-state index contributed by atoms with van der Waals surface area (Å²) in [5, 5.41) is 0. The molecule has 0 saturated carbocycles. The molecule has 1 atom stereocenters. The topological polar surface area (TPSA) is 9.23 Å². The predicted octanol–water partition coefficient (Wildman–Crippen LogP) is 11.6. The lowest BCUT2D eigenvalue weighted by Gasteiger charge is -2.38. The van der Waals surface area contributed by atoms with E-state index in [-0.39, 0.29) is 5.41 Å². The standard InChI is InChI=1S/C37H42Br2O/c1-24(2)7-6-8-25(3)19-20-40-31-15-11-28(12-16-31)37(34-21-26(4)9-10-27(34)5)35-22-29(38)13-17-32(35)33-18-14-30(39)23-36(33)37/h9-11,13-15,17-18,21-25H,6-8,12,16,19-20H2,1-5H3. The summed E-state index contributed by atoms with van der Waals surface area (Å²) in [6.45, 7) is 12.3. The molecule has 40 heavy (non-hydrogen) atoms. The van der Waals surface area contributed by atoms with Gasteiger partial charge >= 0.3 is 0 Å². The van der Waals surface area contributed by atoms with E-state index >= 15 is 0 Å². The van der Waals surface area contributed by atoms with Gasteiger partial charge in [-0.15, -0.1) is 0 Å². The lowest BCUT2D eigenvalue weighted by atomic mass is 9.64. The second-order valence-corrected chi connectivity index (χ2v) is 14.2. The van der Waals surface area contributed by atoms with Crippen molar-refractivity contribution in [3.05, 3.63) is 115 Å². The minimum atomic E-state index is -0.346. The predicted molar refractivity (Wildman–Crippen MR) is 177 cm³/mol. The molecule has 5 rings (SSSR count). The first-order valence-electron chi connectivity index (χ1n) is 14.9. The molecule has 0 aromatic heterocycles. The molecular formula is C37H42Br2O. The van der Waals surface area contributed by atoms with Crippen molar-refractivity contribution in [1.29, 1.82) is 0 Å². The van der Waals surface area contributed by atoms with E-state index in [1.54, 1.807) is 0 Å². The van der Waals surface area contributed by atoms with Crippen molar-refractivity contribution in [3.63, 3.8) is 0 Å². The molecule has 0 heterocycles. The third-order valence-corrected chi connectivity index (χ3v) is 9.81. The van der Waals surface area contributed by atoms with Gasteiger partial charge in [0.15, 0.2) is 0 Å². The highest BCUT2D eigenvalue weighted by atomic mass is 79.9. The number of rotatable bonds is 10. The van der Waals surface area contributed by atoms with E-state index in [0.29, 0.717) is 5.92 Å². The highest BCUT2D eigenvalue weighted by molar-refractivity contribution is 9.10. The Morgan fingerprint density at radius 1 is 0.750 bits per heavy atom. The first-order valence-corrected chi connectivity index (χ1v) is 16.5. The number of hydrogen-bond donors (Lipinski definition) is 0. The number of halogens is 2. The van der Waals surface area contributed by atoms with Crippen LogP contribution in [0.3, 0.4) is 0 Å². The monoisotopic (exact) mass is 660 g/mol. The largest absolute Gasteiger partial charge is 0.498 e. The number of fused-ring (bicyclic) bond motifs is 3. The van der Waals surface area contributed by atoms with Crippen molar-refractivity contribution < 1.29 is 4.74 Å². The van der Waals surface area contributed by atoms with Gasteiger partial charge in [0.05, 0.1) is 17.8 Å². The molecular weight excluding hydrogens is 620 g/mol. The minimum Gasteiger partial charge on any atom is -0.498 e. The number of ether oxygens (including phenoxy) is 1. The smallest absolute Gasteiger partial charge is 0.0962 e. The molecule has 1 unspecified atom stereocenters. The summed E-state index contributed by atoms with van der Waals surface area (Å²) in [5.74, 6) is 2.63. The third kappa shape index (κ3) is 5.79. The summed E-state index contributed by atoms with van der Waals surface area (Å²) in [4.78, 5) is 0. The van der Waals surface area contributed by atoms with Gasteiger partial charge < -0.3 is 4.74 Å². The molecule has 0 amide bonds. The number of hydrogen-bond acceptors (Lipinski definition) is 1. The molecule has 2 aliphatic carbocycles. The van der Waals surface area contributed by atoms with Gasteiger partial charge in [-0.3, -0.25) is 0 Å². The van der Waals surface area contributed by atoms with Gasteiger partial charge in [-0.05, 0) is 102 Å². The molecule has 3 heteroatoms. The molecule has 210 valence electrons. The fraction of sp³-hybridized carbons (Fsp3) is 0.405. The van der Waals surface area contributed by atoms with Crippen molar-refractivity contribution in [2.75, 3.05) is 6.61 Å². The van der Waals surface area contributed by atoms with Crippen molar-refractivity contribution in [2.24, 2.45) is 11.8 Å². The van der Waals surface area contributed by atoms with Gasteiger partial charge in [-0.1, -0.05) is 119 Å². The Bertz CT molecular complexity index is 1390. The molecule has 0 fully saturated rings. The number of allylic oxidation sites excluding steroid dienone is 4. The Kier molecular flexibility index (Phi) is 9.12. The molecule has 1 nitrogen and oxygen atoms in total. The van der Waals surface area contributed by atoms with Crippen LogP contribution in [-0.4, -0.2) is 6.61 Å². The summed E-state index contributed by atoms with van der Waals surface area (Å²) in [6, 6.07) is 20.6. The van der Waals surface area contributed by atoms with E-state index in [9.17, 15) is 0 Å². The number of aryl methyl sites for hydroxylation is 2. The van der Waals surface area contributed by atoms with Gasteiger partial charge in [0.1, 0.15) is 0 Å². The fourth-order valence-electron chi connectivity index (χ4n) is 6.68. The Morgan fingerprint density at radius 2 is 1.43 bits per heavy atom. The number of benzene rings is 3. The highest BCUT2D eigenvalue weighted by Crippen LogP contribution is 2.59. The molecule has 0 spiro atoms. The van der Waals surface area contributed by atoms with E-state index < -0.39 is 0 Å². The summed E-state index contributed by atoms with van der Waals surface area (Å²) >= 11 is 7.63. The molecule has 0 N–H and O–H groups in total. The third-order valence-electron chi connectivity index (χ3n) is 8.83. The van der Waals surface area contributed by atoms with Gasteiger partial charge in [-0.2, -0.15) is 0 Å². The second kappa shape index (κ2) is 12.4. The van der Waals surface area contributed by atoms with Crippen molar-refractivity contribution in [3.8, 4) is 11.1 Å². The van der Waals surface area contributed by atoms with E-state index in [0.717, 1.165) is 46.5 Å². The van der Waals surface area contributed by atoms with E-state index in [1.807, 2.05) is 0 Å². The molecule has 2 aliphatic rings. The average molecular weight is 663 g/mol. The van der Waals surface area contributed by atoms with E-state index in [1.165, 1.54) is 63.8 Å². The summed E-state index contributed by atoms with van der Waals surface area (Å²) in [6.07, 6.45) is 11.6. The van der Waals surface area contributed by atoms with Gasteiger partial charge in [-0.25, -0.2) is 0 Å². The first-order chi connectivity index (χ1) is 19.2. The lowest BCUT2D eigenvalue weighted by Crippen LogP contribution is -2.31. The Morgan fingerprint density at radius 3 is 2.02 bits per heavy atom. The Balaban J connectivity index is 1.52. The maximum absolute atomic E-state index is 6.35. The van der Waals surface area contributed by atoms with Crippen LogP contribution < -0.4 is 0 Å². The van der Waals surface area contributed by atoms with E-state index in [4.69, 9.17) is 4.74 Å². The molecule has 0 radical (unpaired) electrons. The second-order valence-electron chi connectivity index (χ2n) is 12.3. The van der Waals surface area contributed by atoms with Crippen LogP contribution in [0.2, 0.25) is 0 Å². The van der Waals surface area contributed by atoms with Crippen LogP contribution in [0.5, 0.6) is 0 Å². The lowest BCUT2D eigenvalue weighted by molar-refractivity contribution is 0.180. The Hall–Kier alpha value is -2.10. The molecule has 0 bridgehead atoms. The van der Waals surface area contributed by atoms with Crippen LogP contribution in [0.25, 0.3) is 11.1 Å². The van der Waals surface area contributed by atoms with Gasteiger partial charge in [0, 0.05) is 15.4 Å². The van der Waals surface area contributed by atoms with Crippen LogP contribution >= 0.6 is 31.9 Å². The van der Waals surface area contributed by atoms with Crippen molar-refractivity contribution in [1.82, 2.24) is 0 Å². The summed E-state index contributed by atoms with van der Waals surface area (Å²) in [5.41, 5.74) is 10.5. The van der Waals surface area contributed by atoms with Gasteiger partial charge in [0.25, 0.3) is 0 Å².